The molecule has 170 valence electrons. The van der Waals surface area contributed by atoms with E-state index in [1.807, 2.05) is 37.3 Å². The Morgan fingerprint density at radius 1 is 1.09 bits per heavy atom. The molecular weight excluding hydrogens is 440 g/mol. The van der Waals surface area contributed by atoms with Gasteiger partial charge in [-0.2, -0.15) is 4.31 Å². The lowest BCUT2D eigenvalue weighted by atomic mass is 9.99. The van der Waals surface area contributed by atoms with Crippen LogP contribution in [0.3, 0.4) is 0 Å². The molecule has 0 aliphatic carbocycles. The Morgan fingerprint density at radius 3 is 2.61 bits per heavy atom. The summed E-state index contributed by atoms with van der Waals surface area (Å²) in [4.78, 5) is 20.5. The number of nitrogens with one attached hydrogen (secondary N) is 1. The topological polar surface area (TPSA) is 114 Å². The molecule has 1 saturated heterocycles. The first-order valence-corrected chi connectivity index (χ1v) is 12.3. The lowest BCUT2D eigenvalue weighted by Gasteiger charge is -2.31. The van der Waals surface area contributed by atoms with Gasteiger partial charge in [-0.15, -0.1) is 5.10 Å². The van der Waals surface area contributed by atoms with Crippen LogP contribution in [0.25, 0.3) is 11.2 Å². The van der Waals surface area contributed by atoms with Crippen LogP contribution in [0.2, 0.25) is 0 Å². The van der Waals surface area contributed by atoms with Crippen LogP contribution in [0.5, 0.6) is 0 Å². The third kappa shape index (κ3) is 4.19. The number of aromatic amines is 1. The summed E-state index contributed by atoms with van der Waals surface area (Å²) in [5, 5.41) is 8.12. The lowest BCUT2D eigenvalue weighted by molar-refractivity contribution is 0.309. The molecule has 2 aromatic carbocycles. The molecule has 0 amide bonds. The number of rotatable bonds is 5. The van der Waals surface area contributed by atoms with Crippen LogP contribution in [0.1, 0.15) is 35.7 Å². The van der Waals surface area contributed by atoms with Crippen molar-refractivity contribution in [1.29, 1.82) is 0 Å². The average molecular weight is 465 g/mol. The lowest BCUT2D eigenvalue weighted by Crippen LogP contribution is -2.39. The predicted octanol–water partition coefficient (Wildman–Crippen LogP) is 2.44. The number of fused-ring (bicyclic) bond motifs is 1. The van der Waals surface area contributed by atoms with Crippen molar-refractivity contribution in [2.24, 2.45) is 0 Å². The second-order valence-electron chi connectivity index (χ2n) is 8.37. The molecule has 33 heavy (non-hydrogen) atoms. The maximum atomic E-state index is 13.2. The Balaban J connectivity index is 1.45. The summed E-state index contributed by atoms with van der Waals surface area (Å²) in [7, 11) is -3.63. The molecule has 9 nitrogen and oxygen atoms in total. The largest absolute Gasteiger partial charge is 0.308 e. The van der Waals surface area contributed by atoms with Crippen molar-refractivity contribution in [2.45, 2.75) is 37.1 Å². The maximum Gasteiger partial charge on any atom is 0.281 e. The molecule has 1 atom stereocenters. The molecule has 0 radical (unpaired) electrons. The fourth-order valence-corrected chi connectivity index (χ4v) is 5.71. The Morgan fingerprint density at radius 2 is 1.85 bits per heavy atom. The number of H-pyrrole nitrogens is 1. The third-order valence-electron chi connectivity index (χ3n) is 6.00. The maximum absolute atomic E-state index is 13.2. The van der Waals surface area contributed by atoms with E-state index in [-0.39, 0.29) is 28.4 Å². The normalized spacial score (nSPS) is 17.4. The minimum atomic E-state index is -3.63. The van der Waals surface area contributed by atoms with E-state index in [0.29, 0.717) is 31.0 Å². The molecule has 2 aromatic heterocycles. The van der Waals surface area contributed by atoms with Crippen LogP contribution in [0.4, 0.5) is 0 Å². The number of nitrogens with zero attached hydrogens (tertiary/aromatic N) is 5. The Kier molecular flexibility index (Phi) is 5.55. The van der Waals surface area contributed by atoms with Gasteiger partial charge in [-0.25, -0.2) is 18.1 Å². The van der Waals surface area contributed by atoms with Crippen molar-refractivity contribution in [3.05, 3.63) is 81.9 Å². The fourth-order valence-electron chi connectivity index (χ4n) is 4.18. The fraction of sp³-hybridized carbons (Fsp3) is 0.304. The second kappa shape index (κ2) is 8.53. The summed E-state index contributed by atoms with van der Waals surface area (Å²) < 4.78 is 29.4. The van der Waals surface area contributed by atoms with Gasteiger partial charge in [0.15, 0.2) is 11.2 Å². The molecule has 5 rings (SSSR count). The molecular formula is C23H24N6O3S. The van der Waals surface area contributed by atoms with Crippen LogP contribution < -0.4 is 5.56 Å². The monoisotopic (exact) mass is 464 g/mol. The molecule has 0 unspecified atom stereocenters. The van der Waals surface area contributed by atoms with Crippen molar-refractivity contribution >= 4 is 21.2 Å². The molecule has 0 bridgehead atoms. The summed E-state index contributed by atoms with van der Waals surface area (Å²) in [5.74, 6) is 0.240. The molecule has 3 heterocycles. The van der Waals surface area contributed by atoms with Crippen molar-refractivity contribution < 1.29 is 8.42 Å². The summed E-state index contributed by atoms with van der Waals surface area (Å²) in [6.45, 7) is 3.05. The van der Waals surface area contributed by atoms with Gasteiger partial charge in [-0.3, -0.25) is 4.79 Å². The molecule has 0 spiro atoms. The highest BCUT2D eigenvalue weighted by Gasteiger charge is 2.32. The average Bonchev–Trinajstić information content (AvgIpc) is 3.23. The third-order valence-corrected chi connectivity index (χ3v) is 7.88. The Bertz CT molecular complexity index is 1450. The van der Waals surface area contributed by atoms with Gasteiger partial charge in [-0.05, 0) is 37.5 Å². The van der Waals surface area contributed by atoms with E-state index in [2.05, 4.69) is 20.3 Å². The van der Waals surface area contributed by atoms with Gasteiger partial charge >= 0.3 is 0 Å². The minimum absolute atomic E-state index is 0.176. The smallest absolute Gasteiger partial charge is 0.281 e. The molecule has 10 heteroatoms. The zero-order valence-electron chi connectivity index (χ0n) is 18.2. The minimum Gasteiger partial charge on any atom is -0.308 e. The highest BCUT2D eigenvalue weighted by molar-refractivity contribution is 7.89. The number of hydrogen-bond acceptors (Lipinski definition) is 6. The quantitative estimate of drug-likeness (QED) is 0.485. The van der Waals surface area contributed by atoms with E-state index >= 15 is 0 Å². The molecule has 4 aromatic rings. The summed E-state index contributed by atoms with van der Waals surface area (Å²) in [6, 6.07) is 16.6. The summed E-state index contributed by atoms with van der Waals surface area (Å²) >= 11 is 0. The van der Waals surface area contributed by atoms with Gasteiger partial charge in [0.2, 0.25) is 10.0 Å². The molecule has 1 fully saturated rings. The molecule has 0 saturated carbocycles. The first kappa shape index (κ1) is 21.5. The van der Waals surface area contributed by atoms with Crippen LogP contribution >= 0.6 is 0 Å². The van der Waals surface area contributed by atoms with Crippen LogP contribution in [-0.2, 0) is 16.6 Å². The van der Waals surface area contributed by atoms with Gasteiger partial charge in [-0.1, -0.05) is 53.2 Å². The van der Waals surface area contributed by atoms with E-state index in [4.69, 9.17) is 0 Å². The standard InChI is InChI=1S/C23H24N6O3S/c1-16-9-11-19(12-10-16)33(31,32)28-13-5-8-18(15-28)21-24-22-20(23(30)25-21)26-27-29(22)14-17-6-3-2-4-7-17/h2-4,6-7,9-12,18H,5,8,13-15H2,1H3,(H,24,25,30)/t18-/m1/s1. The van der Waals surface area contributed by atoms with Gasteiger partial charge in [0, 0.05) is 19.0 Å². The number of sulfonamides is 1. The van der Waals surface area contributed by atoms with Gasteiger partial charge in [0.25, 0.3) is 5.56 Å². The van der Waals surface area contributed by atoms with Gasteiger partial charge in [0.05, 0.1) is 11.4 Å². The number of piperidine rings is 1. The highest BCUT2D eigenvalue weighted by Crippen LogP contribution is 2.29. The Hall–Kier alpha value is -3.37. The van der Waals surface area contributed by atoms with E-state index in [0.717, 1.165) is 17.5 Å². The van der Waals surface area contributed by atoms with Crippen molar-refractivity contribution in [3.8, 4) is 0 Å². The SMILES string of the molecule is Cc1ccc(S(=O)(=O)N2CCC[C@@H](c3nc4c(nnn4Cc4ccccc4)c(=O)[nH]3)C2)cc1. The number of aromatic nitrogens is 5. The van der Waals surface area contributed by atoms with E-state index in [1.165, 1.54) is 4.31 Å². The van der Waals surface area contributed by atoms with Crippen molar-refractivity contribution in [1.82, 2.24) is 29.3 Å². The van der Waals surface area contributed by atoms with E-state index in [9.17, 15) is 13.2 Å². The first-order valence-electron chi connectivity index (χ1n) is 10.9. The van der Waals surface area contributed by atoms with E-state index in [1.54, 1.807) is 28.9 Å². The Labute approximate surface area is 191 Å². The number of hydrogen-bond donors (Lipinski definition) is 1. The van der Waals surface area contributed by atoms with Crippen molar-refractivity contribution in [3.63, 3.8) is 0 Å². The number of benzene rings is 2. The highest BCUT2D eigenvalue weighted by atomic mass is 32.2. The van der Waals surface area contributed by atoms with Crippen LogP contribution in [0, 0.1) is 6.92 Å². The molecule has 1 aliphatic rings. The molecule has 1 N–H and O–H groups in total. The predicted molar refractivity (Wildman–Crippen MR) is 123 cm³/mol. The summed E-state index contributed by atoms with van der Waals surface area (Å²) in [6.07, 6.45) is 1.41. The number of aryl methyl sites for hydroxylation is 1. The zero-order valence-corrected chi connectivity index (χ0v) is 19.0. The van der Waals surface area contributed by atoms with Crippen molar-refractivity contribution in [2.75, 3.05) is 13.1 Å². The molecule has 1 aliphatic heterocycles. The van der Waals surface area contributed by atoms with Crippen LogP contribution in [-0.4, -0.2) is 50.8 Å². The van der Waals surface area contributed by atoms with Crippen LogP contribution in [0.15, 0.2) is 64.3 Å². The summed E-state index contributed by atoms with van der Waals surface area (Å²) in [5.41, 5.74) is 2.22. The van der Waals surface area contributed by atoms with Gasteiger partial charge < -0.3 is 4.98 Å². The second-order valence-corrected chi connectivity index (χ2v) is 10.3. The van der Waals surface area contributed by atoms with E-state index < -0.39 is 10.0 Å². The zero-order chi connectivity index (χ0) is 23.0. The first-order chi connectivity index (χ1) is 15.9. The van der Waals surface area contributed by atoms with Gasteiger partial charge in [0.1, 0.15) is 5.82 Å².